The van der Waals surface area contributed by atoms with Gasteiger partial charge < -0.3 is 15.2 Å². The van der Waals surface area contributed by atoms with Gasteiger partial charge in [-0.25, -0.2) is 4.39 Å². The van der Waals surface area contributed by atoms with E-state index in [1.54, 1.807) is 50.4 Å². The monoisotopic (exact) mass is 317 g/mol. The fourth-order valence-electron chi connectivity index (χ4n) is 2.30. The highest BCUT2D eigenvalue weighted by atomic mass is 19.1. The molecule has 0 aliphatic heterocycles. The van der Waals surface area contributed by atoms with Crippen molar-refractivity contribution in [3.63, 3.8) is 0 Å². The molecule has 0 aliphatic carbocycles. The van der Waals surface area contributed by atoms with Crippen molar-refractivity contribution < 1.29 is 18.7 Å². The lowest BCUT2D eigenvalue weighted by Crippen LogP contribution is -2.17. The molecule has 122 valence electrons. The Morgan fingerprint density at radius 1 is 1.26 bits per heavy atom. The first kappa shape index (κ1) is 17.0. The van der Waals surface area contributed by atoms with E-state index in [9.17, 15) is 9.18 Å². The Hall–Kier alpha value is -2.40. The van der Waals surface area contributed by atoms with Gasteiger partial charge in [0, 0.05) is 11.6 Å². The maximum Gasteiger partial charge on any atom is 0.307 e. The van der Waals surface area contributed by atoms with E-state index in [1.165, 1.54) is 6.07 Å². The Morgan fingerprint density at radius 2 is 2.04 bits per heavy atom. The predicted octanol–water partition coefficient (Wildman–Crippen LogP) is 3.45. The summed E-state index contributed by atoms with van der Waals surface area (Å²) in [5, 5.41) is 0. The lowest BCUT2D eigenvalue weighted by atomic mass is 9.97. The molecule has 2 N–H and O–H groups in total. The van der Waals surface area contributed by atoms with Gasteiger partial charge in [-0.15, -0.1) is 0 Å². The molecular formula is C18H20FNO3. The number of benzene rings is 2. The zero-order valence-corrected chi connectivity index (χ0v) is 13.2. The molecule has 2 rings (SSSR count). The number of methoxy groups -OCH3 is 1. The molecule has 0 bridgehead atoms. The van der Waals surface area contributed by atoms with E-state index in [2.05, 4.69) is 0 Å². The number of esters is 1. The highest BCUT2D eigenvalue weighted by molar-refractivity contribution is 5.71. The van der Waals surface area contributed by atoms with Crippen molar-refractivity contribution in [2.24, 2.45) is 5.73 Å². The summed E-state index contributed by atoms with van der Waals surface area (Å²) in [6.07, 6.45) is 0.0526. The van der Waals surface area contributed by atoms with Crippen LogP contribution in [0.3, 0.4) is 0 Å². The molecule has 0 amide bonds. The number of carbonyl (C=O) groups excluding carboxylic acids is 1. The van der Waals surface area contributed by atoms with Gasteiger partial charge in [-0.05, 0) is 42.3 Å². The molecule has 2 aromatic rings. The molecule has 0 saturated heterocycles. The van der Waals surface area contributed by atoms with Gasteiger partial charge in [0.2, 0.25) is 0 Å². The summed E-state index contributed by atoms with van der Waals surface area (Å²) in [5.74, 6) is -0.0827. The lowest BCUT2D eigenvalue weighted by Gasteiger charge is -2.14. The van der Waals surface area contributed by atoms with E-state index < -0.39 is 6.04 Å². The van der Waals surface area contributed by atoms with Gasteiger partial charge in [-0.2, -0.15) is 0 Å². The van der Waals surface area contributed by atoms with Gasteiger partial charge in [0.15, 0.2) is 0 Å². The van der Waals surface area contributed by atoms with Gasteiger partial charge in [0.05, 0.1) is 20.1 Å². The minimum atomic E-state index is -0.543. The van der Waals surface area contributed by atoms with Crippen molar-refractivity contribution in [2.45, 2.75) is 19.4 Å². The van der Waals surface area contributed by atoms with Crippen LogP contribution in [0.15, 0.2) is 42.5 Å². The number of hydrogen-bond acceptors (Lipinski definition) is 4. The van der Waals surface area contributed by atoms with Crippen LogP contribution in [-0.2, 0) is 9.53 Å². The molecule has 0 spiro atoms. The first-order valence-corrected chi connectivity index (χ1v) is 7.40. The van der Waals surface area contributed by atoms with Crippen LogP contribution in [0.4, 0.5) is 4.39 Å². The van der Waals surface area contributed by atoms with Crippen LogP contribution < -0.4 is 10.5 Å². The predicted molar refractivity (Wildman–Crippen MR) is 86.6 cm³/mol. The van der Waals surface area contributed by atoms with Gasteiger partial charge in [0.25, 0.3) is 0 Å². The fraction of sp³-hybridized carbons (Fsp3) is 0.278. The average Bonchev–Trinajstić information content (AvgIpc) is 2.55. The highest BCUT2D eigenvalue weighted by Gasteiger charge is 2.15. The number of ether oxygens (including phenoxy) is 2. The Kier molecular flexibility index (Phi) is 5.71. The van der Waals surface area contributed by atoms with Gasteiger partial charge in [-0.1, -0.05) is 18.2 Å². The second kappa shape index (κ2) is 7.74. The molecule has 0 aromatic heterocycles. The van der Waals surface area contributed by atoms with E-state index in [4.69, 9.17) is 15.2 Å². The Morgan fingerprint density at radius 3 is 2.74 bits per heavy atom. The third kappa shape index (κ3) is 4.29. The van der Waals surface area contributed by atoms with Crippen LogP contribution in [-0.4, -0.2) is 19.7 Å². The Balaban J connectivity index is 2.29. The van der Waals surface area contributed by atoms with Crippen LogP contribution >= 0.6 is 0 Å². The van der Waals surface area contributed by atoms with Crippen molar-refractivity contribution in [2.75, 3.05) is 13.7 Å². The molecule has 0 heterocycles. The number of nitrogens with two attached hydrogens (primary N) is 1. The number of carbonyl (C=O) groups is 1. The largest absolute Gasteiger partial charge is 0.497 e. The summed E-state index contributed by atoms with van der Waals surface area (Å²) >= 11 is 0. The molecule has 2 aromatic carbocycles. The first-order chi connectivity index (χ1) is 11.0. The Labute approximate surface area is 135 Å². The third-order valence-corrected chi connectivity index (χ3v) is 3.49. The number of rotatable bonds is 6. The smallest absolute Gasteiger partial charge is 0.307 e. The van der Waals surface area contributed by atoms with E-state index >= 15 is 0 Å². The zero-order valence-electron chi connectivity index (χ0n) is 13.2. The van der Waals surface area contributed by atoms with Crippen LogP contribution in [0.1, 0.15) is 24.9 Å². The average molecular weight is 317 g/mol. The molecule has 0 saturated carbocycles. The normalized spacial score (nSPS) is 11.8. The van der Waals surface area contributed by atoms with Gasteiger partial charge in [0.1, 0.15) is 11.6 Å². The van der Waals surface area contributed by atoms with E-state index in [-0.39, 0.29) is 18.2 Å². The quantitative estimate of drug-likeness (QED) is 0.829. The van der Waals surface area contributed by atoms with E-state index in [0.29, 0.717) is 29.0 Å². The molecule has 0 fully saturated rings. The number of halogens is 1. The van der Waals surface area contributed by atoms with Gasteiger partial charge >= 0.3 is 5.97 Å². The van der Waals surface area contributed by atoms with Crippen LogP contribution in [0, 0.1) is 5.82 Å². The second-order valence-electron chi connectivity index (χ2n) is 5.09. The summed E-state index contributed by atoms with van der Waals surface area (Å²) in [5.41, 5.74) is 7.81. The van der Waals surface area contributed by atoms with Crippen molar-refractivity contribution in [1.29, 1.82) is 0 Å². The molecule has 1 unspecified atom stereocenters. The first-order valence-electron chi connectivity index (χ1n) is 7.40. The van der Waals surface area contributed by atoms with Crippen molar-refractivity contribution in [3.8, 4) is 16.9 Å². The lowest BCUT2D eigenvalue weighted by molar-refractivity contribution is -0.143. The minimum absolute atomic E-state index is 0.0526. The van der Waals surface area contributed by atoms with Crippen molar-refractivity contribution in [3.05, 3.63) is 53.8 Å². The van der Waals surface area contributed by atoms with Gasteiger partial charge in [-0.3, -0.25) is 4.79 Å². The van der Waals surface area contributed by atoms with Crippen molar-refractivity contribution >= 4 is 5.97 Å². The molecule has 0 aliphatic rings. The Bertz CT molecular complexity index is 688. The van der Waals surface area contributed by atoms with Crippen LogP contribution in [0.2, 0.25) is 0 Å². The van der Waals surface area contributed by atoms with Crippen molar-refractivity contribution in [1.82, 2.24) is 0 Å². The molecule has 5 heteroatoms. The summed E-state index contributed by atoms with van der Waals surface area (Å²) < 4.78 is 24.2. The standard InChI is InChI=1S/C18H20FNO3/c1-3-23-18(21)11-17(20)13-7-8-16(19)15(10-13)12-5-4-6-14(9-12)22-2/h4-10,17H,3,11,20H2,1-2H3. The summed E-state index contributed by atoms with van der Waals surface area (Å²) in [6.45, 7) is 2.05. The van der Waals surface area contributed by atoms with E-state index in [0.717, 1.165) is 0 Å². The second-order valence-corrected chi connectivity index (χ2v) is 5.09. The highest BCUT2D eigenvalue weighted by Crippen LogP contribution is 2.29. The van der Waals surface area contributed by atoms with E-state index in [1.807, 2.05) is 0 Å². The molecular weight excluding hydrogens is 297 g/mol. The molecule has 23 heavy (non-hydrogen) atoms. The maximum atomic E-state index is 14.2. The fourth-order valence-corrected chi connectivity index (χ4v) is 2.30. The number of hydrogen-bond donors (Lipinski definition) is 1. The summed E-state index contributed by atoms with van der Waals surface area (Å²) in [4.78, 5) is 11.5. The van der Waals surface area contributed by atoms with Crippen LogP contribution in [0.5, 0.6) is 5.75 Å². The summed E-state index contributed by atoms with van der Waals surface area (Å²) in [6, 6.07) is 11.2. The molecule has 4 nitrogen and oxygen atoms in total. The molecule has 0 radical (unpaired) electrons. The third-order valence-electron chi connectivity index (χ3n) is 3.49. The zero-order chi connectivity index (χ0) is 16.8. The SMILES string of the molecule is CCOC(=O)CC(N)c1ccc(F)c(-c2cccc(OC)c2)c1. The minimum Gasteiger partial charge on any atom is -0.497 e. The molecule has 1 atom stereocenters. The maximum absolute atomic E-state index is 14.2. The topological polar surface area (TPSA) is 61.5 Å². The van der Waals surface area contributed by atoms with Crippen LogP contribution in [0.25, 0.3) is 11.1 Å². The summed E-state index contributed by atoms with van der Waals surface area (Å²) in [7, 11) is 1.56.